The van der Waals surface area contributed by atoms with Crippen LogP contribution < -0.4 is 0 Å². The summed E-state index contributed by atoms with van der Waals surface area (Å²) in [5, 5.41) is 0. The van der Waals surface area contributed by atoms with Crippen LogP contribution in [0.2, 0.25) is 0 Å². The smallest absolute Gasteiger partial charge is 0.0589 e. The van der Waals surface area contributed by atoms with Crippen molar-refractivity contribution in [2.24, 2.45) is 0 Å². The zero-order chi connectivity index (χ0) is 7.70. The molecule has 0 saturated carbocycles. The molecule has 0 fully saturated rings. The molecular formula is C7H17NO. The second kappa shape index (κ2) is 10.6. The molecule has 0 N–H and O–H groups in total. The second-order valence-electron chi connectivity index (χ2n) is 1.80. The lowest BCUT2D eigenvalue weighted by atomic mass is 10.6. The van der Waals surface area contributed by atoms with Crippen LogP contribution in [0, 0.1) is 0 Å². The van der Waals surface area contributed by atoms with Crippen molar-refractivity contribution in [2.75, 3.05) is 34.4 Å². The molecule has 2 nitrogen and oxygen atoms in total. The average Bonchev–Trinajstić information content (AvgIpc) is 1.88. The summed E-state index contributed by atoms with van der Waals surface area (Å²) in [7, 11) is 5.77. The van der Waals surface area contributed by atoms with Gasteiger partial charge in [0.1, 0.15) is 0 Å². The fraction of sp³-hybridized carbons (Fsp3) is 0.714. The predicted octanol–water partition coefficient (Wildman–Crippen LogP) is 0.997. The molecule has 2 heteroatoms. The minimum atomic E-state index is 0.826. The Morgan fingerprint density at radius 2 is 1.78 bits per heavy atom. The molecule has 0 heterocycles. The van der Waals surface area contributed by atoms with Crippen LogP contribution >= 0.6 is 0 Å². The summed E-state index contributed by atoms with van der Waals surface area (Å²) in [6.07, 6.45) is 0. The number of methoxy groups -OCH3 is 1. The van der Waals surface area contributed by atoms with Gasteiger partial charge in [-0.1, -0.05) is 0 Å². The van der Waals surface area contributed by atoms with Gasteiger partial charge in [-0.25, -0.2) is 0 Å². The maximum atomic E-state index is 4.81. The van der Waals surface area contributed by atoms with Gasteiger partial charge in [-0.15, -0.1) is 13.2 Å². The lowest BCUT2D eigenvalue weighted by Gasteiger charge is -2.06. The normalized spacial score (nSPS) is 8.44. The molecule has 0 aromatic heterocycles. The van der Waals surface area contributed by atoms with Crippen molar-refractivity contribution in [3.8, 4) is 0 Å². The highest BCUT2D eigenvalue weighted by Gasteiger charge is 1.83. The van der Waals surface area contributed by atoms with Crippen LogP contribution in [0.25, 0.3) is 0 Å². The Balaban J connectivity index is 0. The lowest BCUT2D eigenvalue weighted by molar-refractivity contribution is 0.172. The summed E-state index contributed by atoms with van der Waals surface area (Å²) in [4.78, 5) is 2.09. The molecule has 0 aliphatic rings. The van der Waals surface area contributed by atoms with Gasteiger partial charge in [-0.2, -0.15) is 0 Å². The summed E-state index contributed by atoms with van der Waals surface area (Å²) in [6.45, 7) is 7.84. The minimum Gasteiger partial charge on any atom is -0.383 e. The Morgan fingerprint density at radius 3 is 1.89 bits per heavy atom. The topological polar surface area (TPSA) is 12.5 Å². The van der Waals surface area contributed by atoms with Crippen LogP contribution in [0.15, 0.2) is 13.2 Å². The summed E-state index contributed by atoms with van der Waals surface area (Å²) < 4.78 is 4.81. The Morgan fingerprint density at radius 1 is 1.33 bits per heavy atom. The first-order valence-electron chi connectivity index (χ1n) is 2.91. The maximum absolute atomic E-state index is 4.81. The molecule has 0 amide bonds. The highest BCUT2D eigenvalue weighted by atomic mass is 16.5. The van der Waals surface area contributed by atoms with Crippen LogP contribution in [0.3, 0.4) is 0 Å². The van der Waals surface area contributed by atoms with E-state index in [9.17, 15) is 0 Å². The van der Waals surface area contributed by atoms with Crippen LogP contribution in [-0.4, -0.2) is 39.3 Å². The van der Waals surface area contributed by atoms with Crippen molar-refractivity contribution in [1.82, 2.24) is 4.90 Å². The number of nitrogens with zero attached hydrogens (tertiary/aromatic N) is 1. The van der Waals surface area contributed by atoms with Gasteiger partial charge in [-0.05, 0) is 14.1 Å². The van der Waals surface area contributed by atoms with Gasteiger partial charge in [0.25, 0.3) is 0 Å². The Bertz CT molecular complexity index is 46.2. The van der Waals surface area contributed by atoms with Gasteiger partial charge in [-0.3, -0.25) is 0 Å². The molecule has 0 aliphatic heterocycles. The average molecular weight is 131 g/mol. The Labute approximate surface area is 58.1 Å². The summed E-state index contributed by atoms with van der Waals surface area (Å²) in [5.41, 5.74) is 0. The van der Waals surface area contributed by atoms with E-state index in [0.717, 1.165) is 13.2 Å². The van der Waals surface area contributed by atoms with Gasteiger partial charge in [0.15, 0.2) is 0 Å². The molecular weight excluding hydrogens is 114 g/mol. The van der Waals surface area contributed by atoms with E-state index in [4.69, 9.17) is 4.74 Å². The number of likely N-dealkylation sites (N-methyl/N-ethyl adjacent to an activating group) is 1. The SMILES string of the molecule is C=C.COCCN(C)C. The first-order chi connectivity index (χ1) is 4.27. The van der Waals surface area contributed by atoms with E-state index in [1.807, 2.05) is 14.1 Å². The fourth-order valence-electron chi connectivity index (χ4n) is 0.274. The van der Waals surface area contributed by atoms with E-state index < -0.39 is 0 Å². The van der Waals surface area contributed by atoms with Crippen molar-refractivity contribution in [3.63, 3.8) is 0 Å². The van der Waals surface area contributed by atoms with Crippen LogP contribution in [0.1, 0.15) is 0 Å². The zero-order valence-electron chi connectivity index (χ0n) is 6.68. The molecule has 0 aliphatic carbocycles. The van der Waals surface area contributed by atoms with Crippen LogP contribution in [0.5, 0.6) is 0 Å². The number of rotatable bonds is 3. The number of hydrogen-bond acceptors (Lipinski definition) is 2. The van der Waals surface area contributed by atoms with Crippen LogP contribution in [0.4, 0.5) is 0 Å². The summed E-state index contributed by atoms with van der Waals surface area (Å²) >= 11 is 0. The first kappa shape index (κ1) is 11.5. The fourth-order valence-corrected chi connectivity index (χ4v) is 0.274. The molecule has 0 saturated heterocycles. The second-order valence-corrected chi connectivity index (χ2v) is 1.80. The molecule has 56 valence electrons. The van der Waals surface area contributed by atoms with Gasteiger partial charge in [0.2, 0.25) is 0 Å². The van der Waals surface area contributed by atoms with Crippen LogP contribution in [-0.2, 0) is 4.74 Å². The molecule has 0 bridgehead atoms. The lowest BCUT2D eigenvalue weighted by Crippen LogP contribution is -2.16. The van der Waals surface area contributed by atoms with E-state index in [1.165, 1.54) is 0 Å². The van der Waals surface area contributed by atoms with Crippen molar-refractivity contribution in [2.45, 2.75) is 0 Å². The predicted molar refractivity (Wildman–Crippen MR) is 41.7 cm³/mol. The van der Waals surface area contributed by atoms with Gasteiger partial charge in [0, 0.05) is 13.7 Å². The van der Waals surface area contributed by atoms with E-state index in [1.54, 1.807) is 7.11 Å². The number of hydrogen-bond donors (Lipinski definition) is 0. The van der Waals surface area contributed by atoms with E-state index >= 15 is 0 Å². The minimum absolute atomic E-state index is 0.826. The Kier molecular flexibility index (Phi) is 13.5. The monoisotopic (exact) mass is 131 g/mol. The van der Waals surface area contributed by atoms with Crippen molar-refractivity contribution in [1.29, 1.82) is 0 Å². The molecule has 0 unspecified atom stereocenters. The largest absolute Gasteiger partial charge is 0.383 e. The summed E-state index contributed by atoms with van der Waals surface area (Å²) in [5.74, 6) is 0. The highest BCUT2D eigenvalue weighted by molar-refractivity contribution is 4.36. The summed E-state index contributed by atoms with van der Waals surface area (Å²) in [6, 6.07) is 0. The highest BCUT2D eigenvalue weighted by Crippen LogP contribution is 1.71. The molecule has 0 aromatic rings. The molecule has 0 radical (unpaired) electrons. The third-order valence-corrected chi connectivity index (χ3v) is 0.743. The molecule has 9 heavy (non-hydrogen) atoms. The van der Waals surface area contributed by atoms with E-state index in [-0.39, 0.29) is 0 Å². The van der Waals surface area contributed by atoms with E-state index in [2.05, 4.69) is 18.1 Å². The third kappa shape index (κ3) is 18.3. The van der Waals surface area contributed by atoms with Gasteiger partial charge >= 0.3 is 0 Å². The quantitative estimate of drug-likeness (QED) is 0.530. The number of ether oxygens (including phenoxy) is 1. The van der Waals surface area contributed by atoms with Gasteiger partial charge in [0.05, 0.1) is 6.61 Å². The first-order valence-corrected chi connectivity index (χ1v) is 2.91. The molecule has 0 atom stereocenters. The zero-order valence-corrected chi connectivity index (χ0v) is 6.68. The third-order valence-electron chi connectivity index (χ3n) is 0.743. The van der Waals surface area contributed by atoms with Crippen molar-refractivity contribution < 1.29 is 4.74 Å². The van der Waals surface area contributed by atoms with Crippen molar-refractivity contribution >= 4 is 0 Å². The van der Waals surface area contributed by atoms with E-state index in [0.29, 0.717) is 0 Å². The van der Waals surface area contributed by atoms with Gasteiger partial charge < -0.3 is 9.64 Å². The molecule has 0 aromatic carbocycles. The molecule has 0 spiro atoms. The standard InChI is InChI=1S/C5H13NO.C2H4/c1-6(2)4-5-7-3;1-2/h4-5H2,1-3H3;1-2H2. The van der Waals surface area contributed by atoms with Crippen molar-refractivity contribution in [3.05, 3.63) is 13.2 Å². The maximum Gasteiger partial charge on any atom is 0.0589 e. The Hall–Kier alpha value is -0.340. The molecule has 0 rings (SSSR count).